The van der Waals surface area contributed by atoms with E-state index in [1.807, 2.05) is 134 Å². The van der Waals surface area contributed by atoms with Crippen LogP contribution in [0.5, 0.6) is 0 Å². The van der Waals surface area contributed by atoms with Gasteiger partial charge in [0.2, 0.25) is 0 Å². The number of fused-ring (bicyclic) bond motifs is 5. The zero-order valence-electron chi connectivity index (χ0n) is 24.0. The van der Waals surface area contributed by atoms with E-state index in [1.165, 1.54) is 0 Å². The molecule has 1 atom stereocenters. The van der Waals surface area contributed by atoms with Crippen LogP contribution in [0, 0.1) is 6.92 Å². The first-order chi connectivity index (χ1) is 21.4. The summed E-state index contributed by atoms with van der Waals surface area (Å²) in [5.74, 6) is 0. The second-order valence-electron chi connectivity index (χ2n) is 11.4. The highest BCUT2D eigenvalue weighted by atomic mass is 16.4. The van der Waals surface area contributed by atoms with Gasteiger partial charge in [0.25, 0.3) is 0 Å². The summed E-state index contributed by atoms with van der Waals surface area (Å²) in [6, 6.07) is 41.2. The van der Waals surface area contributed by atoms with Gasteiger partial charge in [-0.2, -0.15) is 0 Å². The lowest BCUT2D eigenvalue weighted by Gasteiger charge is -2.38. The molecule has 0 bridgehead atoms. The molecular formula is C38H28BNO4. The molecule has 212 valence electrons. The highest BCUT2D eigenvalue weighted by molar-refractivity contribution is 6.60. The Morgan fingerprint density at radius 3 is 2.16 bits per heavy atom. The summed E-state index contributed by atoms with van der Waals surface area (Å²) in [6.07, 6.45) is 0. The third-order valence-electron chi connectivity index (χ3n) is 8.87. The molecule has 0 amide bonds. The van der Waals surface area contributed by atoms with E-state index in [-0.39, 0.29) is 0 Å². The number of aryl methyl sites for hydroxylation is 1. The van der Waals surface area contributed by atoms with Crippen molar-refractivity contribution in [2.75, 3.05) is 5.32 Å². The number of benzene rings is 6. The van der Waals surface area contributed by atoms with Crippen LogP contribution in [0.25, 0.3) is 44.2 Å². The van der Waals surface area contributed by atoms with Gasteiger partial charge >= 0.3 is 7.12 Å². The van der Waals surface area contributed by atoms with Crippen molar-refractivity contribution >= 4 is 45.9 Å². The molecule has 0 saturated carbocycles. The number of para-hydroxylation sites is 4. The highest BCUT2D eigenvalue weighted by Gasteiger charge is 2.43. The molecule has 0 radical (unpaired) electrons. The standard InChI is InChI=1S/C38H28BNO4/c1-23-21-33(39(42)43)29(22-28(23)24-11-3-2-4-12-24)26-14-9-17-31-36(26)40-34-19-7-6-16-30(34)38(31,41)32-18-10-15-27-25-13-5-8-20-35(25)44-37(27)32/h2-22,40-43H,1H3. The maximum Gasteiger partial charge on any atom is 0.489 e. The van der Waals surface area contributed by atoms with Gasteiger partial charge in [-0.15, -0.1) is 0 Å². The predicted octanol–water partition coefficient (Wildman–Crippen LogP) is 7.25. The average Bonchev–Trinajstić information content (AvgIpc) is 3.44. The van der Waals surface area contributed by atoms with E-state index in [0.717, 1.165) is 44.3 Å². The summed E-state index contributed by atoms with van der Waals surface area (Å²) in [7, 11) is -1.69. The molecule has 1 aliphatic heterocycles. The van der Waals surface area contributed by atoms with Crippen molar-refractivity contribution in [1.29, 1.82) is 0 Å². The molecule has 1 aromatic heterocycles. The summed E-state index contributed by atoms with van der Waals surface area (Å²) in [5.41, 5.74) is 7.96. The first-order valence-corrected chi connectivity index (χ1v) is 14.6. The molecule has 0 saturated heterocycles. The van der Waals surface area contributed by atoms with Gasteiger partial charge in [0.1, 0.15) is 16.8 Å². The van der Waals surface area contributed by atoms with Crippen LogP contribution >= 0.6 is 0 Å². The number of anilines is 2. The Morgan fingerprint density at radius 2 is 1.32 bits per heavy atom. The van der Waals surface area contributed by atoms with Gasteiger partial charge in [0, 0.05) is 38.7 Å². The molecule has 0 fully saturated rings. The minimum atomic E-state index is -1.69. The largest absolute Gasteiger partial charge is 0.489 e. The van der Waals surface area contributed by atoms with Gasteiger partial charge in [-0.05, 0) is 52.8 Å². The van der Waals surface area contributed by atoms with Crippen LogP contribution in [0.4, 0.5) is 11.4 Å². The van der Waals surface area contributed by atoms with Crippen molar-refractivity contribution in [1.82, 2.24) is 0 Å². The molecule has 0 spiro atoms. The van der Waals surface area contributed by atoms with E-state index in [1.54, 1.807) is 0 Å². The fourth-order valence-electron chi connectivity index (χ4n) is 6.83. The summed E-state index contributed by atoms with van der Waals surface area (Å²) in [5, 5.41) is 39.7. The third kappa shape index (κ3) is 3.86. The summed E-state index contributed by atoms with van der Waals surface area (Å²) in [4.78, 5) is 0. The summed E-state index contributed by atoms with van der Waals surface area (Å²) >= 11 is 0. The molecule has 4 N–H and O–H groups in total. The second kappa shape index (κ2) is 9.96. The molecule has 7 aromatic rings. The quantitative estimate of drug-likeness (QED) is 0.167. The Labute approximate surface area is 254 Å². The number of rotatable bonds is 4. The van der Waals surface area contributed by atoms with Gasteiger partial charge in [-0.1, -0.05) is 109 Å². The van der Waals surface area contributed by atoms with Crippen LogP contribution in [0.1, 0.15) is 22.3 Å². The number of aliphatic hydroxyl groups is 1. The molecule has 5 nitrogen and oxygen atoms in total. The van der Waals surface area contributed by atoms with Crippen LogP contribution in [0.2, 0.25) is 0 Å². The van der Waals surface area contributed by atoms with Gasteiger partial charge in [0.05, 0.1) is 5.69 Å². The number of hydrogen-bond donors (Lipinski definition) is 4. The number of furan rings is 1. The first kappa shape index (κ1) is 26.5. The third-order valence-corrected chi connectivity index (χ3v) is 8.87. The van der Waals surface area contributed by atoms with Crippen molar-refractivity contribution in [3.05, 3.63) is 150 Å². The fourth-order valence-corrected chi connectivity index (χ4v) is 6.83. The molecule has 6 aromatic carbocycles. The lowest BCUT2D eigenvalue weighted by Crippen LogP contribution is -2.35. The molecule has 1 aliphatic rings. The van der Waals surface area contributed by atoms with Gasteiger partial charge in [-0.3, -0.25) is 0 Å². The van der Waals surface area contributed by atoms with E-state index in [9.17, 15) is 15.2 Å². The Bertz CT molecular complexity index is 2220. The number of hydrogen-bond acceptors (Lipinski definition) is 5. The molecule has 2 heterocycles. The summed E-state index contributed by atoms with van der Waals surface area (Å²) < 4.78 is 6.43. The van der Waals surface area contributed by atoms with Crippen LogP contribution in [-0.2, 0) is 5.60 Å². The van der Waals surface area contributed by atoms with E-state index in [4.69, 9.17) is 4.42 Å². The van der Waals surface area contributed by atoms with Crippen LogP contribution in [-0.4, -0.2) is 22.3 Å². The molecule has 44 heavy (non-hydrogen) atoms. The molecule has 1 unspecified atom stereocenters. The lowest BCUT2D eigenvalue weighted by atomic mass is 9.71. The maximum absolute atomic E-state index is 13.1. The highest BCUT2D eigenvalue weighted by Crippen LogP contribution is 2.52. The summed E-state index contributed by atoms with van der Waals surface area (Å²) in [6.45, 7) is 1.97. The van der Waals surface area contributed by atoms with Crippen molar-refractivity contribution in [3.63, 3.8) is 0 Å². The first-order valence-electron chi connectivity index (χ1n) is 14.6. The Balaban J connectivity index is 1.43. The van der Waals surface area contributed by atoms with Gasteiger partial charge < -0.3 is 24.9 Å². The Hall–Kier alpha value is -5.14. The monoisotopic (exact) mass is 573 g/mol. The van der Waals surface area contributed by atoms with Crippen LogP contribution in [0.3, 0.4) is 0 Å². The lowest BCUT2D eigenvalue weighted by molar-refractivity contribution is 0.126. The predicted molar refractivity (Wildman–Crippen MR) is 177 cm³/mol. The van der Waals surface area contributed by atoms with Crippen molar-refractivity contribution < 1.29 is 19.6 Å². The minimum absolute atomic E-state index is 0.388. The van der Waals surface area contributed by atoms with Gasteiger partial charge in [-0.25, -0.2) is 0 Å². The molecule has 0 aliphatic carbocycles. The Morgan fingerprint density at radius 1 is 0.636 bits per heavy atom. The van der Waals surface area contributed by atoms with Crippen molar-refractivity contribution in [2.24, 2.45) is 0 Å². The van der Waals surface area contributed by atoms with Crippen LogP contribution < -0.4 is 10.8 Å². The second-order valence-corrected chi connectivity index (χ2v) is 11.4. The van der Waals surface area contributed by atoms with Gasteiger partial charge in [0.15, 0.2) is 0 Å². The average molecular weight is 573 g/mol. The zero-order chi connectivity index (χ0) is 30.0. The van der Waals surface area contributed by atoms with Crippen molar-refractivity contribution in [3.8, 4) is 22.3 Å². The van der Waals surface area contributed by atoms with E-state index < -0.39 is 12.7 Å². The zero-order valence-corrected chi connectivity index (χ0v) is 24.0. The smallest absolute Gasteiger partial charge is 0.456 e. The SMILES string of the molecule is Cc1cc(B(O)O)c(-c2cccc3c2Nc2ccccc2C3(O)c2cccc3c2oc2ccccc23)cc1-c1ccccc1. The Kier molecular flexibility index (Phi) is 6.00. The van der Waals surface area contributed by atoms with Crippen molar-refractivity contribution in [2.45, 2.75) is 12.5 Å². The molecule has 8 rings (SSSR count). The fraction of sp³-hybridized carbons (Fsp3) is 0.0526. The van der Waals surface area contributed by atoms with E-state index in [2.05, 4.69) is 5.32 Å². The van der Waals surface area contributed by atoms with E-state index >= 15 is 0 Å². The molecular weight excluding hydrogens is 545 g/mol. The topological polar surface area (TPSA) is 85.9 Å². The number of nitrogens with one attached hydrogen (secondary N) is 1. The normalized spacial score (nSPS) is 15.5. The minimum Gasteiger partial charge on any atom is -0.456 e. The van der Waals surface area contributed by atoms with Crippen LogP contribution in [0.15, 0.2) is 132 Å². The maximum atomic E-state index is 13.1. The van der Waals surface area contributed by atoms with E-state index in [0.29, 0.717) is 39.0 Å². The molecule has 6 heteroatoms.